The monoisotopic (exact) mass is 349 g/mol. The molecule has 1 heterocycles. The van der Waals surface area contributed by atoms with Crippen LogP contribution in [0.1, 0.15) is 23.2 Å². The van der Waals surface area contributed by atoms with E-state index in [1.54, 1.807) is 0 Å². The number of hydrogen-bond acceptors (Lipinski definition) is 3. The molecule has 1 aliphatic heterocycles. The Morgan fingerprint density at radius 2 is 2.21 bits per heavy atom. The van der Waals surface area contributed by atoms with E-state index in [4.69, 9.17) is 0 Å². The fourth-order valence-electron chi connectivity index (χ4n) is 2.06. The molecule has 0 spiro atoms. The summed E-state index contributed by atoms with van der Waals surface area (Å²) in [4.78, 5) is 11.9. The van der Waals surface area contributed by atoms with E-state index in [2.05, 4.69) is 21.2 Å². The molecule has 0 saturated carbocycles. The summed E-state index contributed by atoms with van der Waals surface area (Å²) < 4.78 is 36.8. The van der Waals surface area contributed by atoms with Gasteiger partial charge in [-0.1, -0.05) is 0 Å². The normalized spacial score (nSPS) is 21.3. The highest BCUT2D eigenvalue weighted by Crippen LogP contribution is 2.20. The summed E-state index contributed by atoms with van der Waals surface area (Å²) in [7, 11) is -3.08. The standard InChI is InChI=1S/C12H13BrFNO3S/c13-11-4-3-8(14)6-10(11)12(16)15-7-9-2-1-5-19(9,17)18/h3-4,6,9H,1-2,5,7H2,(H,15,16). The highest BCUT2D eigenvalue weighted by molar-refractivity contribution is 9.10. The van der Waals surface area contributed by atoms with Crippen molar-refractivity contribution in [3.05, 3.63) is 34.1 Å². The molecule has 7 heteroatoms. The largest absolute Gasteiger partial charge is 0.351 e. The molecule has 4 nitrogen and oxygen atoms in total. The van der Waals surface area contributed by atoms with Crippen LogP contribution in [-0.2, 0) is 9.84 Å². The summed E-state index contributed by atoms with van der Waals surface area (Å²) in [6, 6.07) is 3.79. The van der Waals surface area contributed by atoms with E-state index in [-0.39, 0.29) is 17.9 Å². The van der Waals surface area contributed by atoms with E-state index < -0.39 is 26.8 Å². The first kappa shape index (κ1) is 14.5. The van der Waals surface area contributed by atoms with Crippen LogP contribution in [-0.4, -0.2) is 31.9 Å². The summed E-state index contributed by atoms with van der Waals surface area (Å²) in [6.45, 7) is 0.0735. The van der Waals surface area contributed by atoms with E-state index >= 15 is 0 Å². The minimum atomic E-state index is -3.08. The zero-order chi connectivity index (χ0) is 14.0. The number of carbonyl (C=O) groups excluding carboxylic acids is 1. The fraction of sp³-hybridized carbons (Fsp3) is 0.417. The highest BCUT2D eigenvalue weighted by atomic mass is 79.9. The summed E-state index contributed by atoms with van der Waals surface area (Å²) in [5.41, 5.74) is 0.162. The molecule has 1 fully saturated rings. The van der Waals surface area contributed by atoms with Crippen molar-refractivity contribution in [1.82, 2.24) is 5.32 Å². The third-order valence-electron chi connectivity index (χ3n) is 3.13. The second-order valence-electron chi connectivity index (χ2n) is 4.47. The molecule has 1 unspecified atom stereocenters. The summed E-state index contributed by atoms with van der Waals surface area (Å²) in [5, 5.41) is 2.03. The van der Waals surface area contributed by atoms with Gasteiger partial charge in [0.1, 0.15) is 5.82 Å². The summed E-state index contributed by atoms with van der Waals surface area (Å²) >= 11 is 3.16. The van der Waals surface area contributed by atoms with Crippen molar-refractivity contribution in [3.63, 3.8) is 0 Å². The lowest BCUT2D eigenvalue weighted by molar-refractivity contribution is 0.0952. The molecule has 0 radical (unpaired) electrons. The van der Waals surface area contributed by atoms with Gasteiger partial charge in [-0.05, 0) is 47.0 Å². The number of rotatable bonds is 3. The van der Waals surface area contributed by atoms with Gasteiger partial charge in [-0.15, -0.1) is 0 Å². The van der Waals surface area contributed by atoms with Crippen LogP contribution in [0.2, 0.25) is 0 Å². The Balaban J connectivity index is 2.04. The van der Waals surface area contributed by atoms with E-state index in [1.165, 1.54) is 12.1 Å². The van der Waals surface area contributed by atoms with Crippen molar-refractivity contribution in [3.8, 4) is 0 Å². The Kier molecular flexibility index (Phi) is 4.25. The number of hydrogen-bond donors (Lipinski definition) is 1. The minimum Gasteiger partial charge on any atom is -0.351 e. The van der Waals surface area contributed by atoms with Crippen LogP contribution in [0.3, 0.4) is 0 Å². The Labute approximate surface area is 119 Å². The molecule has 1 saturated heterocycles. The Morgan fingerprint density at radius 3 is 2.84 bits per heavy atom. The lowest BCUT2D eigenvalue weighted by Gasteiger charge is -2.11. The predicted molar refractivity (Wildman–Crippen MR) is 73.2 cm³/mol. The van der Waals surface area contributed by atoms with Gasteiger partial charge in [0.25, 0.3) is 5.91 Å². The van der Waals surface area contributed by atoms with Crippen molar-refractivity contribution in [2.45, 2.75) is 18.1 Å². The third kappa shape index (κ3) is 3.33. The van der Waals surface area contributed by atoms with Gasteiger partial charge in [-0.3, -0.25) is 4.79 Å². The van der Waals surface area contributed by atoms with Crippen LogP contribution in [0.25, 0.3) is 0 Å². The molecule has 104 valence electrons. The molecule has 1 N–H and O–H groups in total. The van der Waals surface area contributed by atoms with E-state index in [1.807, 2.05) is 0 Å². The predicted octanol–water partition coefficient (Wildman–Crippen LogP) is 1.90. The Hall–Kier alpha value is -0.950. The molecule has 1 atom stereocenters. The average Bonchev–Trinajstić information content (AvgIpc) is 2.68. The molecule has 0 aromatic heterocycles. The van der Waals surface area contributed by atoms with Gasteiger partial charge in [0, 0.05) is 11.0 Å². The first-order valence-electron chi connectivity index (χ1n) is 5.85. The zero-order valence-electron chi connectivity index (χ0n) is 10.0. The van der Waals surface area contributed by atoms with E-state index in [0.717, 1.165) is 6.07 Å². The van der Waals surface area contributed by atoms with Crippen LogP contribution in [0.15, 0.2) is 22.7 Å². The first-order valence-corrected chi connectivity index (χ1v) is 8.36. The summed E-state index contributed by atoms with van der Waals surface area (Å²) in [5.74, 6) is -0.813. The van der Waals surface area contributed by atoms with Gasteiger partial charge < -0.3 is 5.32 Å². The van der Waals surface area contributed by atoms with Crippen LogP contribution < -0.4 is 5.32 Å². The minimum absolute atomic E-state index is 0.0735. The Bertz CT molecular complexity index is 603. The van der Waals surface area contributed by atoms with Crippen molar-refractivity contribution >= 4 is 31.7 Å². The number of sulfone groups is 1. The number of halogens is 2. The SMILES string of the molecule is O=C(NCC1CCCS1(=O)=O)c1cc(F)ccc1Br. The highest BCUT2D eigenvalue weighted by Gasteiger charge is 2.31. The number of carbonyl (C=O) groups is 1. The maximum Gasteiger partial charge on any atom is 0.252 e. The summed E-state index contributed by atoms with van der Waals surface area (Å²) in [6.07, 6.45) is 1.19. The van der Waals surface area contributed by atoms with Crippen LogP contribution in [0.5, 0.6) is 0 Å². The molecule has 2 rings (SSSR count). The molecule has 1 amide bonds. The maximum absolute atomic E-state index is 13.1. The first-order chi connectivity index (χ1) is 8.90. The molecule has 1 aliphatic rings. The lowest BCUT2D eigenvalue weighted by Crippen LogP contribution is -2.34. The van der Waals surface area contributed by atoms with Crippen molar-refractivity contribution < 1.29 is 17.6 Å². The van der Waals surface area contributed by atoms with Crippen LogP contribution in [0.4, 0.5) is 4.39 Å². The van der Waals surface area contributed by atoms with Crippen molar-refractivity contribution in [1.29, 1.82) is 0 Å². The van der Waals surface area contributed by atoms with Gasteiger partial charge in [0.2, 0.25) is 0 Å². The van der Waals surface area contributed by atoms with E-state index in [0.29, 0.717) is 17.3 Å². The second-order valence-corrected chi connectivity index (χ2v) is 7.72. The number of amides is 1. The zero-order valence-corrected chi connectivity index (χ0v) is 12.4. The topological polar surface area (TPSA) is 63.2 Å². The molecule has 1 aromatic rings. The number of benzene rings is 1. The van der Waals surface area contributed by atoms with Crippen molar-refractivity contribution in [2.24, 2.45) is 0 Å². The lowest BCUT2D eigenvalue weighted by atomic mass is 10.2. The average molecular weight is 350 g/mol. The number of nitrogens with one attached hydrogen (secondary N) is 1. The van der Waals surface area contributed by atoms with Gasteiger partial charge in [-0.25, -0.2) is 12.8 Å². The van der Waals surface area contributed by atoms with Gasteiger partial charge >= 0.3 is 0 Å². The molecule has 0 aliphatic carbocycles. The molecule has 0 bridgehead atoms. The fourth-order valence-corrected chi connectivity index (χ4v) is 4.25. The maximum atomic E-state index is 13.1. The molecular weight excluding hydrogens is 337 g/mol. The van der Waals surface area contributed by atoms with Gasteiger partial charge in [0.15, 0.2) is 9.84 Å². The second kappa shape index (κ2) is 5.58. The van der Waals surface area contributed by atoms with Gasteiger partial charge in [-0.2, -0.15) is 0 Å². The molecular formula is C12H13BrFNO3S. The van der Waals surface area contributed by atoms with E-state index in [9.17, 15) is 17.6 Å². The quantitative estimate of drug-likeness (QED) is 0.906. The Morgan fingerprint density at radius 1 is 1.47 bits per heavy atom. The van der Waals surface area contributed by atoms with Crippen LogP contribution in [0, 0.1) is 5.82 Å². The molecule has 1 aromatic carbocycles. The third-order valence-corrected chi connectivity index (χ3v) is 6.09. The van der Waals surface area contributed by atoms with Crippen LogP contribution >= 0.6 is 15.9 Å². The molecule has 19 heavy (non-hydrogen) atoms. The van der Waals surface area contributed by atoms with Crippen molar-refractivity contribution in [2.75, 3.05) is 12.3 Å². The smallest absolute Gasteiger partial charge is 0.252 e. The van der Waals surface area contributed by atoms with Gasteiger partial charge in [0.05, 0.1) is 16.6 Å².